The molecule has 13 atom stereocenters. The third kappa shape index (κ3) is 6.78. The summed E-state index contributed by atoms with van der Waals surface area (Å²) in [6, 6.07) is -1.000. The smallest absolute Gasteiger partial charge is 0.411 e. The van der Waals surface area contributed by atoms with E-state index in [2.05, 4.69) is 0 Å². The standard InChI is InChI=1S/C34H54N2O10/c1-11-24-34(8)28-20(4)25(37)18(2)17-33(7,42-15-13-12-14-36(28)32(41)46-34)29(21(5)26(38)22(6)30(40)44-24)45-31-27(39)23(35(9)10)16-19(3)43-31/h12-13,18-24,27-29,31,39H,11,14-17H2,1-10H3/b13-12-/t18-,19-,20+,21+,22-,23+,24-,27-,28-,29-,31+,33-,34-/m1/s1. The lowest BCUT2D eigenvalue weighted by atomic mass is 9.73. The summed E-state index contributed by atoms with van der Waals surface area (Å²) in [5.74, 6) is -4.73. The first-order valence-electron chi connectivity index (χ1n) is 16.7. The van der Waals surface area contributed by atoms with Crippen LogP contribution in [0.25, 0.3) is 0 Å². The van der Waals surface area contributed by atoms with Crippen molar-refractivity contribution >= 4 is 23.6 Å². The molecule has 3 fully saturated rings. The number of aliphatic hydroxyl groups is 1. The van der Waals surface area contributed by atoms with Crippen LogP contribution in [-0.4, -0.2) is 120 Å². The van der Waals surface area contributed by atoms with Gasteiger partial charge in [-0.15, -0.1) is 0 Å². The largest absolute Gasteiger partial charge is 0.458 e. The molecule has 46 heavy (non-hydrogen) atoms. The molecule has 260 valence electrons. The number of likely N-dealkylation sites (N-methyl/N-ethyl adjacent to an activating group) is 1. The molecule has 0 spiro atoms. The number of hydrogen-bond donors (Lipinski definition) is 1. The summed E-state index contributed by atoms with van der Waals surface area (Å²) in [5, 5.41) is 11.4. The number of Topliss-reactive ketones (excluding diaryl/α,β-unsaturated/α-hetero) is 2. The molecule has 1 N–H and O–H groups in total. The molecule has 12 nitrogen and oxygen atoms in total. The molecule has 3 saturated heterocycles. The first-order chi connectivity index (χ1) is 21.5. The van der Waals surface area contributed by atoms with E-state index in [9.17, 15) is 24.3 Å². The molecular formula is C34H54N2O10. The fourth-order valence-electron chi connectivity index (χ4n) is 8.10. The van der Waals surface area contributed by atoms with Crippen molar-refractivity contribution in [3.05, 3.63) is 12.2 Å². The lowest BCUT2D eigenvalue weighted by Gasteiger charge is -2.47. The van der Waals surface area contributed by atoms with E-state index in [1.54, 1.807) is 39.8 Å². The second-order valence-corrected chi connectivity index (χ2v) is 14.4. The Morgan fingerprint density at radius 3 is 2.33 bits per heavy atom. The second-order valence-electron chi connectivity index (χ2n) is 14.4. The third-order valence-corrected chi connectivity index (χ3v) is 10.7. The molecule has 0 aromatic heterocycles. The predicted molar refractivity (Wildman–Crippen MR) is 168 cm³/mol. The number of aliphatic hydroxyl groups excluding tert-OH is 1. The van der Waals surface area contributed by atoms with Gasteiger partial charge in [0.15, 0.2) is 17.7 Å². The summed E-state index contributed by atoms with van der Waals surface area (Å²) in [7, 11) is 3.75. The van der Waals surface area contributed by atoms with E-state index in [1.807, 2.05) is 39.8 Å². The fraction of sp³-hybridized carbons (Fsp3) is 0.824. The van der Waals surface area contributed by atoms with Crippen LogP contribution in [0.2, 0.25) is 0 Å². The van der Waals surface area contributed by atoms with Gasteiger partial charge in [-0.3, -0.25) is 19.3 Å². The van der Waals surface area contributed by atoms with Crippen molar-refractivity contribution in [2.75, 3.05) is 27.2 Å². The van der Waals surface area contributed by atoms with Gasteiger partial charge in [0, 0.05) is 30.3 Å². The third-order valence-electron chi connectivity index (χ3n) is 10.7. The van der Waals surface area contributed by atoms with E-state index in [4.69, 9.17) is 23.7 Å². The topological polar surface area (TPSA) is 141 Å². The van der Waals surface area contributed by atoms with Crippen LogP contribution < -0.4 is 0 Å². The van der Waals surface area contributed by atoms with Crippen molar-refractivity contribution in [1.82, 2.24) is 9.80 Å². The fourth-order valence-corrected chi connectivity index (χ4v) is 8.10. The van der Waals surface area contributed by atoms with Gasteiger partial charge in [0.25, 0.3) is 0 Å². The van der Waals surface area contributed by atoms with Crippen molar-refractivity contribution < 1.29 is 48.0 Å². The number of ether oxygens (including phenoxy) is 5. The summed E-state index contributed by atoms with van der Waals surface area (Å²) in [5.41, 5.74) is -2.58. The highest BCUT2D eigenvalue weighted by molar-refractivity contribution is 6.00. The Kier molecular flexibility index (Phi) is 11.1. The van der Waals surface area contributed by atoms with Crippen LogP contribution in [-0.2, 0) is 38.1 Å². The molecule has 4 rings (SSSR count). The van der Waals surface area contributed by atoms with Crippen molar-refractivity contribution in [1.29, 1.82) is 0 Å². The van der Waals surface area contributed by atoms with Gasteiger partial charge in [0.05, 0.1) is 30.5 Å². The number of hydrogen-bond acceptors (Lipinski definition) is 11. The van der Waals surface area contributed by atoms with Crippen LogP contribution >= 0.6 is 0 Å². The molecule has 0 aromatic rings. The Hall–Kier alpha value is -2.38. The molecule has 0 aromatic carbocycles. The molecule has 4 heterocycles. The van der Waals surface area contributed by atoms with Gasteiger partial charge in [0.2, 0.25) is 0 Å². The van der Waals surface area contributed by atoms with Gasteiger partial charge < -0.3 is 33.7 Å². The van der Waals surface area contributed by atoms with Gasteiger partial charge in [-0.25, -0.2) is 4.79 Å². The minimum Gasteiger partial charge on any atom is -0.458 e. The van der Waals surface area contributed by atoms with Gasteiger partial charge in [-0.1, -0.05) is 39.8 Å². The van der Waals surface area contributed by atoms with Crippen molar-refractivity contribution in [3.63, 3.8) is 0 Å². The maximum absolute atomic E-state index is 14.3. The number of fused-ring (bicyclic) bond motifs is 4. The molecule has 0 saturated carbocycles. The Morgan fingerprint density at radius 2 is 1.70 bits per heavy atom. The van der Waals surface area contributed by atoms with Crippen LogP contribution in [0.1, 0.15) is 74.7 Å². The predicted octanol–water partition coefficient (Wildman–Crippen LogP) is 3.13. The molecule has 0 aliphatic carbocycles. The quantitative estimate of drug-likeness (QED) is 0.273. The summed E-state index contributed by atoms with van der Waals surface area (Å²) >= 11 is 0. The monoisotopic (exact) mass is 650 g/mol. The minimum absolute atomic E-state index is 0.0958. The number of nitrogens with zero attached hydrogens (tertiary/aromatic N) is 2. The SMILES string of the molecule is CC[C@H]1OC(=O)[C@H](C)C(=O)[C@H](C)[C@@H](O[C@@H]2O[C@H](C)C[C@H](N(C)C)[C@H]2O)[C@@]2(C)C[C@@H](C)C(=O)[C@H](C)[C@H]3N(C/C=C\CO2)C(=O)O[C@]13C. The zero-order valence-electron chi connectivity index (χ0n) is 29.1. The Bertz CT molecular complexity index is 1190. The number of cyclic esters (lactones) is 1. The molecule has 12 heteroatoms. The molecule has 4 aliphatic rings. The zero-order chi connectivity index (χ0) is 34.3. The number of carbonyl (C=O) groups excluding carboxylic acids is 4. The number of esters is 1. The highest BCUT2D eigenvalue weighted by Crippen LogP contribution is 2.43. The summed E-state index contributed by atoms with van der Waals surface area (Å²) < 4.78 is 31.2. The first-order valence-corrected chi connectivity index (χ1v) is 16.7. The maximum atomic E-state index is 14.3. The van der Waals surface area contributed by atoms with Crippen LogP contribution in [0.5, 0.6) is 0 Å². The van der Waals surface area contributed by atoms with E-state index >= 15 is 0 Å². The summed E-state index contributed by atoms with van der Waals surface area (Å²) in [4.78, 5) is 58.8. The van der Waals surface area contributed by atoms with Crippen molar-refractivity contribution in [3.8, 4) is 0 Å². The van der Waals surface area contributed by atoms with Crippen LogP contribution in [0.4, 0.5) is 4.79 Å². The number of amides is 1. The first kappa shape index (κ1) is 36.5. The Labute approximate surface area is 273 Å². The number of rotatable bonds is 4. The molecule has 2 bridgehead atoms. The lowest BCUT2D eigenvalue weighted by molar-refractivity contribution is -0.296. The van der Waals surface area contributed by atoms with Gasteiger partial charge in [-0.05, 0) is 61.1 Å². The van der Waals surface area contributed by atoms with E-state index < -0.39 is 83.4 Å². The average molecular weight is 651 g/mol. The molecule has 0 unspecified atom stereocenters. The highest BCUT2D eigenvalue weighted by Gasteiger charge is 2.60. The normalized spacial score (nSPS) is 45.3. The van der Waals surface area contributed by atoms with E-state index in [-0.39, 0.29) is 37.5 Å². The van der Waals surface area contributed by atoms with Gasteiger partial charge in [0.1, 0.15) is 23.9 Å². The van der Waals surface area contributed by atoms with Crippen molar-refractivity contribution in [2.45, 2.75) is 129 Å². The zero-order valence-corrected chi connectivity index (χ0v) is 29.1. The Balaban J connectivity index is 1.87. The number of ketones is 2. The summed E-state index contributed by atoms with van der Waals surface area (Å²) in [6.45, 7) is 14.2. The van der Waals surface area contributed by atoms with Crippen LogP contribution in [0.15, 0.2) is 12.2 Å². The Morgan fingerprint density at radius 1 is 1.02 bits per heavy atom. The van der Waals surface area contributed by atoms with Crippen LogP contribution in [0.3, 0.4) is 0 Å². The van der Waals surface area contributed by atoms with Gasteiger partial charge in [-0.2, -0.15) is 0 Å². The lowest BCUT2D eigenvalue weighted by Crippen LogP contribution is -2.60. The number of carbonyl (C=O) groups is 4. The highest BCUT2D eigenvalue weighted by atomic mass is 16.7. The molecule has 1 amide bonds. The van der Waals surface area contributed by atoms with E-state index in [1.165, 1.54) is 11.8 Å². The molecular weight excluding hydrogens is 596 g/mol. The van der Waals surface area contributed by atoms with Gasteiger partial charge >= 0.3 is 12.1 Å². The molecule has 4 aliphatic heterocycles. The average Bonchev–Trinajstić information content (AvgIpc) is 3.25. The van der Waals surface area contributed by atoms with E-state index in [0.29, 0.717) is 12.8 Å². The minimum atomic E-state index is -1.34. The van der Waals surface area contributed by atoms with Crippen LogP contribution in [0, 0.1) is 23.7 Å². The second kappa shape index (κ2) is 14.0. The van der Waals surface area contributed by atoms with E-state index in [0.717, 1.165) is 0 Å². The molecule has 0 radical (unpaired) electrons. The summed E-state index contributed by atoms with van der Waals surface area (Å²) in [6.07, 6.45) is -0.293. The van der Waals surface area contributed by atoms with Crippen molar-refractivity contribution in [2.24, 2.45) is 23.7 Å². The maximum Gasteiger partial charge on any atom is 0.411 e.